The van der Waals surface area contributed by atoms with E-state index in [2.05, 4.69) is 0 Å². The SMILES string of the molecule is Nc1cc(CO)cc2cc(F)sc12. The quantitative estimate of drug-likeness (QED) is 0.688. The van der Waals surface area contributed by atoms with Gasteiger partial charge in [-0.1, -0.05) is 0 Å². The molecule has 0 fully saturated rings. The van der Waals surface area contributed by atoms with E-state index < -0.39 is 0 Å². The molecule has 0 radical (unpaired) electrons. The van der Waals surface area contributed by atoms with Gasteiger partial charge < -0.3 is 10.8 Å². The van der Waals surface area contributed by atoms with Crippen molar-refractivity contribution >= 4 is 27.1 Å². The van der Waals surface area contributed by atoms with Crippen molar-refractivity contribution < 1.29 is 9.50 Å². The number of aliphatic hydroxyl groups is 1. The third kappa shape index (κ3) is 1.38. The normalized spacial score (nSPS) is 10.9. The summed E-state index contributed by atoms with van der Waals surface area (Å²) >= 11 is 1.02. The molecule has 0 unspecified atom stereocenters. The molecule has 13 heavy (non-hydrogen) atoms. The predicted molar refractivity (Wildman–Crippen MR) is 52.1 cm³/mol. The molecule has 2 rings (SSSR count). The molecule has 1 heterocycles. The molecule has 0 saturated heterocycles. The number of halogens is 1. The molecule has 0 aliphatic carbocycles. The number of hydrogen-bond acceptors (Lipinski definition) is 3. The molecule has 0 atom stereocenters. The van der Waals surface area contributed by atoms with Crippen LogP contribution in [0.1, 0.15) is 5.56 Å². The molecule has 4 heteroatoms. The van der Waals surface area contributed by atoms with Gasteiger partial charge in [0.05, 0.1) is 11.3 Å². The highest BCUT2D eigenvalue weighted by atomic mass is 32.1. The molecule has 1 aromatic carbocycles. The minimum absolute atomic E-state index is 0.0718. The number of fused-ring (bicyclic) bond motifs is 1. The zero-order chi connectivity index (χ0) is 9.42. The number of benzene rings is 1. The number of nitrogens with two attached hydrogens (primary N) is 1. The molecule has 2 nitrogen and oxygen atoms in total. The van der Waals surface area contributed by atoms with Crippen LogP contribution >= 0.6 is 11.3 Å². The lowest BCUT2D eigenvalue weighted by molar-refractivity contribution is 0.282. The van der Waals surface area contributed by atoms with Crippen LogP contribution in [0.4, 0.5) is 10.1 Å². The number of hydrogen-bond donors (Lipinski definition) is 2. The van der Waals surface area contributed by atoms with Gasteiger partial charge in [-0.15, -0.1) is 11.3 Å². The fraction of sp³-hybridized carbons (Fsp3) is 0.111. The first-order valence-corrected chi connectivity index (χ1v) is 4.60. The van der Waals surface area contributed by atoms with E-state index in [-0.39, 0.29) is 11.7 Å². The average Bonchev–Trinajstić information content (AvgIpc) is 2.46. The Morgan fingerprint density at radius 1 is 1.38 bits per heavy atom. The van der Waals surface area contributed by atoms with Crippen molar-refractivity contribution in [2.45, 2.75) is 6.61 Å². The van der Waals surface area contributed by atoms with Gasteiger partial charge in [-0.2, -0.15) is 4.39 Å². The Morgan fingerprint density at radius 3 is 2.85 bits per heavy atom. The van der Waals surface area contributed by atoms with Gasteiger partial charge in [0.25, 0.3) is 0 Å². The van der Waals surface area contributed by atoms with E-state index in [1.54, 1.807) is 12.1 Å². The maximum absolute atomic E-state index is 12.8. The van der Waals surface area contributed by atoms with Gasteiger partial charge in [-0.25, -0.2) is 0 Å². The Hall–Kier alpha value is -1.13. The Bertz CT molecular complexity index is 452. The number of rotatable bonds is 1. The van der Waals surface area contributed by atoms with Crippen molar-refractivity contribution in [2.24, 2.45) is 0 Å². The number of thiophene rings is 1. The van der Waals surface area contributed by atoms with E-state index in [9.17, 15) is 4.39 Å². The van der Waals surface area contributed by atoms with Crippen LogP contribution in [0.25, 0.3) is 10.1 Å². The topological polar surface area (TPSA) is 46.2 Å². The number of nitrogen functional groups attached to an aromatic ring is 1. The maximum Gasteiger partial charge on any atom is 0.177 e. The van der Waals surface area contributed by atoms with E-state index in [4.69, 9.17) is 10.8 Å². The standard InChI is InChI=1S/C9H8FNOS/c10-8-3-6-1-5(4-12)2-7(11)9(6)13-8/h1-3,12H,4,11H2. The lowest BCUT2D eigenvalue weighted by atomic mass is 10.1. The molecule has 3 N–H and O–H groups in total. The third-order valence-electron chi connectivity index (χ3n) is 1.86. The van der Waals surface area contributed by atoms with Crippen LogP contribution in [0.5, 0.6) is 0 Å². The van der Waals surface area contributed by atoms with Crippen molar-refractivity contribution in [2.75, 3.05) is 5.73 Å². The summed E-state index contributed by atoms with van der Waals surface area (Å²) in [7, 11) is 0. The molecule has 0 aliphatic heterocycles. The van der Waals surface area contributed by atoms with Crippen LogP contribution in [-0.2, 0) is 6.61 Å². The van der Waals surface area contributed by atoms with Gasteiger partial charge >= 0.3 is 0 Å². The molecule has 0 amide bonds. The summed E-state index contributed by atoms with van der Waals surface area (Å²) in [5.74, 6) is 0. The maximum atomic E-state index is 12.8. The third-order valence-corrected chi connectivity index (χ3v) is 2.85. The largest absolute Gasteiger partial charge is 0.398 e. The van der Waals surface area contributed by atoms with Gasteiger partial charge in [0, 0.05) is 5.69 Å². The highest BCUT2D eigenvalue weighted by molar-refractivity contribution is 7.18. The number of aliphatic hydroxyl groups excluding tert-OH is 1. The van der Waals surface area contributed by atoms with Crippen LogP contribution in [0.3, 0.4) is 0 Å². The van der Waals surface area contributed by atoms with Crippen LogP contribution in [-0.4, -0.2) is 5.11 Å². The second-order valence-corrected chi connectivity index (χ2v) is 3.81. The molecule has 68 valence electrons. The van der Waals surface area contributed by atoms with Crippen LogP contribution in [0.2, 0.25) is 0 Å². The fourth-order valence-corrected chi connectivity index (χ4v) is 2.10. The zero-order valence-corrected chi connectivity index (χ0v) is 7.57. The monoisotopic (exact) mass is 197 g/mol. The lowest BCUT2D eigenvalue weighted by Gasteiger charge is -1.99. The smallest absolute Gasteiger partial charge is 0.177 e. The van der Waals surface area contributed by atoms with Crippen molar-refractivity contribution in [1.29, 1.82) is 0 Å². The molecule has 1 aromatic heterocycles. The fourth-order valence-electron chi connectivity index (χ4n) is 1.30. The summed E-state index contributed by atoms with van der Waals surface area (Å²) in [6.45, 7) is -0.0718. The van der Waals surface area contributed by atoms with Crippen molar-refractivity contribution in [3.05, 3.63) is 28.9 Å². The van der Waals surface area contributed by atoms with Gasteiger partial charge in [0.2, 0.25) is 0 Å². The van der Waals surface area contributed by atoms with Gasteiger partial charge in [-0.3, -0.25) is 0 Å². The highest BCUT2D eigenvalue weighted by Gasteiger charge is 2.05. The van der Waals surface area contributed by atoms with E-state index in [1.165, 1.54) is 6.07 Å². The van der Waals surface area contributed by atoms with Crippen LogP contribution < -0.4 is 5.73 Å². The van der Waals surface area contributed by atoms with Crippen molar-refractivity contribution in [3.63, 3.8) is 0 Å². The highest BCUT2D eigenvalue weighted by Crippen LogP contribution is 2.30. The first-order valence-electron chi connectivity index (χ1n) is 3.79. The average molecular weight is 197 g/mol. The second kappa shape index (κ2) is 2.97. The second-order valence-electron chi connectivity index (χ2n) is 2.81. The minimum atomic E-state index is -0.253. The van der Waals surface area contributed by atoms with E-state index in [0.29, 0.717) is 11.3 Å². The summed E-state index contributed by atoms with van der Waals surface area (Å²) in [5.41, 5.74) is 6.91. The molecule has 0 aliphatic rings. The molecular formula is C9H8FNOS. The van der Waals surface area contributed by atoms with Gasteiger partial charge in [0.15, 0.2) is 5.13 Å². The molecular weight excluding hydrogens is 189 g/mol. The zero-order valence-electron chi connectivity index (χ0n) is 6.75. The number of anilines is 1. The molecule has 0 spiro atoms. The summed E-state index contributed by atoms with van der Waals surface area (Å²) in [5, 5.41) is 9.39. The van der Waals surface area contributed by atoms with E-state index in [1.807, 2.05) is 0 Å². The first-order chi connectivity index (χ1) is 6.20. The van der Waals surface area contributed by atoms with E-state index >= 15 is 0 Å². The summed E-state index contributed by atoms with van der Waals surface area (Å²) in [4.78, 5) is 0. The molecule has 2 aromatic rings. The molecule has 0 bridgehead atoms. The van der Waals surface area contributed by atoms with Gasteiger partial charge in [-0.05, 0) is 29.1 Å². The van der Waals surface area contributed by atoms with Crippen LogP contribution in [0.15, 0.2) is 18.2 Å². The van der Waals surface area contributed by atoms with Crippen molar-refractivity contribution in [1.82, 2.24) is 0 Å². The Labute approximate surface area is 78.4 Å². The van der Waals surface area contributed by atoms with E-state index in [0.717, 1.165) is 21.4 Å². The Balaban J connectivity index is 2.75. The first kappa shape index (κ1) is 8.47. The predicted octanol–water partition coefficient (Wildman–Crippen LogP) is 2.11. The Morgan fingerprint density at radius 2 is 2.15 bits per heavy atom. The van der Waals surface area contributed by atoms with Gasteiger partial charge in [0.1, 0.15) is 0 Å². The summed E-state index contributed by atoms with van der Waals surface area (Å²) in [6.07, 6.45) is 0. The lowest BCUT2D eigenvalue weighted by Crippen LogP contribution is -1.88. The summed E-state index contributed by atoms with van der Waals surface area (Å²) in [6, 6.07) is 4.83. The van der Waals surface area contributed by atoms with Crippen LogP contribution in [0, 0.1) is 5.13 Å². The molecule has 0 saturated carbocycles. The van der Waals surface area contributed by atoms with Crippen molar-refractivity contribution in [3.8, 4) is 0 Å². The minimum Gasteiger partial charge on any atom is -0.398 e. The summed E-state index contributed by atoms with van der Waals surface area (Å²) < 4.78 is 13.6. The Kier molecular flexibility index (Phi) is 1.94.